The first-order valence-corrected chi connectivity index (χ1v) is 13.3. The number of ether oxygens (including phenoxy) is 2. The number of fused-ring (bicyclic) bond motifs is 1. The molecular formula is C27H40N2O4S. The minimum Gasteiger partial charge on any atom is -0.491 e. The molecule has 1 aliphatic heterocycles. The van der Waals surface area contributed by atoms with Crippen LogP contribution in [0.25, 0.3) is 0 Å². The third kappa shape index (κ3) is 7.28. The van der Waals surface area contributed by atoms with Crippen LogP contribution in [0.15, 0.2) is 35.7 Å². The lowest BCUT2D eigenvalue weighted by molar-refractivity contribution is -0.136. The molecule has 2 heterocycles. The van der Waals surface area contributed by atoms with Crippen molar-refractivity contribution in [2.45, 2.75) is 65.2 Å². The van der Waals surface area contributed by atoms with Crippen LogP contribution in [0.4, 0.5) is 0 Å². The maximum absolute atomic E-state index is 13.4. The van der Waals surface area contributed by atoms with Crippen molar-refractivity contribution < 1.29 is 19.4 Å². The maximum Gasteiger partial charge on any atom is 0.237 e. The normalized spacial score (nSPS) is 16.9. The zero-order valence-electron chi connectivity index (χ0n) is 21.2. The molecule has 3 rings (SSSR count). The molecule has 0 spiro atoms. The van der Waals surface area contributed by atoms with Gasteiger partial charge in [0.25, 0.3) is 0 Å². The molecule has 1 aromatic carbocycles. The first kappa shape index (κ1) is 26.7. The van der Waals surface area contributed by atoms with Gasteiger partial charge in [0.15, 0.2) is 0 Å². The molecular weight excluding hydrogens is 448 g/mol. The van der Waals surface area contributed by atoms with E-state index < -0.39 is 6.10 Å². The Morgan fingerprint density at radius 2 is 1.94 bits per heavy atom. The van der Waals surface area contributed by atoms with Crippen molar-refractivity contribution in [1.29, 1.82) is 0 Å². The second kappa shape index (κ2) is 12.7. The molecule has 6 nitrogen and oxygen atoms in total. The van der Waals surface area contributed by atoms with Gasteiger partial charge in [-0.05, 0) is 67.4 Å². The number of carbonyl (C=O) groups is 1. The Bertz CT molecular complexity index is 896. The highest BCUT2D eigenvalue weighted by molar-refractivity contribution is 7.10. The predicted octanol–water partition coefficient (Wildman–Crippen LogP) is 4.48. The van der Waals surface area contributed by atoms with Crippen molar-refractivity contribution in [2.75, 3.05) is 39.4 Å². The van der Waals surface area contributed by atoms with E-state index in [1.807, 2.05) is 42.7 Å². The van der Waals surface area contributed by atoms with Gasteiger partial charge < -0.3 is 19.5 Å². The standard InChI is InChI=1S/C27H40N2O4S/c1-6-28(15-22(30)17-32-20(4)5)16-27(31)29-13-11-26-24(12-14-34-26)25(29)18-33-23-9-7-21(8-10-23)19(2)3/h7-10,12,14,19-20,22,25,30H,6,11,13,15-18H2,1-5H3. The fraction of sp³-hybridized carbons (Fsp3) is 0.593. The minimum atomic E-state index is -0.618. The van der Waals surface area contributed by atoms with Gasteiger partial charge in [0.2, 0.25) is 5.91 Å². The fourth-order valence-electron chi connectivity index (χ4n) is 4.24. The molecule has 0 aliphatic carbocycles. The number of aliphatic hydroxyl groups is 1. The molecule has 0 saturated heterocycles. The van der Waals surface area contributed by atoms with Crippen LogP contribution < -0.4 is 4.74 Å². The van der Waals surface area contributed by atoms with Crippen LogP contribution in [0.1, 0.15) is 62.6 Å². The van der Waals surface area contributed by atoms with E-state index in [1.54, 1.807) is 11.3 Å². The Labute approximate surface area is 208 Å². The molecule has 0 saturated carbocycles. The molecule has 1 amide bonds. The van der Waals surface area contributed by atoms with E-state index in [4.69, 9.17) is 9.47 Å². The summed E-state index contributed by atoms with van der Waals surface area (Å²) in [7, 11) is 0. The highest BCUT2D eigenvalue weighted by Gasteiger charge is 2.33. The molecule has 7 heteroatoms. The van der Waals surface area contributed by atoms with Crippen LogP contribution in [0, 0.1) is 0 Å². The van der Waals surface area contributed by atoms with Crippen molar-refractivity contribution in [3.05, 3.63) is 51.7 Å². The first-order valence-electron chi connectivity index (χ1n) is 12.4. The van der Waals surface area contributed by atoms with Crippen LogP contribution >= 0.6 is 11.3 Å². The summed E-state index contributed by atoms with van der Waals surface area (Å²) in [4.78, 5) is 18.7. The number of carbonyl (C=O) groups excluding carboxylic acids is 1. The summed E-state index contributed by atoms with van der Waals surface area (Å²) in [6.45, 7) is 13.0. The van der Waals surface area contributed by atoms with E-state index in [9.17, 15) is 9.90 Å². The van der Waals surface area contributed by atoms with Gasteiger partial charge in [-0.1, -0.05) is 32.9 Å². The molecule has 1 aromatic heterocycles. The lowest BCUT2D eigenvalue weighted by Gasteiger charge is -2.37. The van der Waals surface area contributed by atoms with E-state index in [0.29, 0.717) is 32.2 Å². The first-order chi connectivity index (χ1) is 16.3. The summed E-state index contributed by atoms with van der Waals surface area (Å²) in [6.07, 6.45) is 0.324. The summed E-state index contributed by atoms with van der Waals surface area (Å²) in [5, 5.41) is 12.4. The number of likely N-dealkylation sites (N-methyl/N-ethyl adjacent to an activating group) is 1. The van der Waals surface area contributed by atoms with Gasteiger partial charge in [-0.15, -0.1) is 11.3 Å². The summed E-state index contributed by atoms with van der Waals surface area (Å²) in [5.41, 5.74) is 2.47. The summed E-state index contributed by atoms with van der Waals surface area (Å²) in [5.74, 6) is 1.37. The SMILES string of the molecule is CCN(CC(=O)N1CCc2sccc2C1COc1ccc(C(C)C)cc1)CC(O)COC(C)C. The fourth-order valence-corrected chi connectivity index (χ4v) is 5.17. The third-order valence-electron chi connectivity index (χ3n) is 6.27. The lowest BCUT2D eigenvalue weighted by atomic mass is 10.00. The lowest BCUT2D eigenvalue weighted by Crippen LogP contribution is -2.48. The monoisotopic (exact) mass is 488 g/mol. The van der Waals surface area contributed by atoms with E-state index in [-0.39, 0.29) is 31.2 Å². The second-order valence-electron chi connectivity index (χ2n) is 9.55. The largest absolute Gasteiger partial charge is 0.491 e. The Hall–Kier alpha value is -1.93. The number of rotatable bonds is 12. The molecule has 2 atom stereocenters. The van der Waals surface area contributed by atoms with E-state index >= 15 is 0 Å². The number of amides is 1. The average molecular weight is 489 g/mol. The van der Waals surface area contributed by atoms with Crippen LogP contribution in [0.5, 0.6) is 5.75 Å². The van der Waals surface area contributed by atoms with Crippen LogP contribution in [-0.4, -0.2) is 72.4 Å². The number of hydrogen-bond donors (Lipinski definition) is 1. The number of thiophene rings is 1. The van der Waals surface area contributed by atoms with Crippen LogP contribution in [0.2, 0.25) is 0 Å². The van der Waals surface area contributed by atoms with Crippen molar-refractivity contribution >= 4 is 17.2 Å². The van der Waals surface area contributed by atoms with Crippen LogP contribution in [0.3, 0.4) is 0 Å². The molecule has 188 valence electrons. The second-order valence-corrected chi connectivity index (χ2v) is 10.6. The quantitative estimate of drug-likeness (QED) is 0.477. The molecule has 0 bridgehead atoms. The average Bonchev–Trinajstić information content (AvgIpc) is 3.30. The number of benzene rings is 1. The van der Waals surface area contributed by atoms with E-state index in [2.05, 4.69) is 37.4 Å². The smallest absolute Gasteiger partial charge is 0.237 e. The molecule has 34 heavy (non-hydrogen) atoms. The number of hydrogen-bond acceptors (Lipinski definition) is 6. The van der Waals surface area contributed by atoms with Gasteiger partial charge in [-0.2, -0.15) is 0 Å². The topological polar surface area (TPSA) is 62.2 Å². The number of aliphatic hydroxyl groups excluding tert-OH is 1. The summed E-state index contributed by atoms with van der Waals surface area (Å²) < 4.78 is 11.7. The molecule has 2 unspecified atom stereocenters. The third-order valence-corrected chi connectivity index (χ3v) is 7.26. The van der Waals surface area contributed by atoms with Gasteiger partial charge in [-0.25, -0.2) is 0 Å². The zero-order chi connectivity index (χ0) is 24.7. The molecule has 0 radical (unpaired) electrons. The van der Waals surface area contributed by atoms with Gasteiger partial charge in [0.05, 0.1) is 31.4 Å². The molecule has 0 fully saturated rings. The van der Waals surface area contributed by atoms with Crippen molar-refractivity contribution in [2.24, 2.45) is 0 Å². The summed E-state index contributed by atoms with van der Waals surface area (Å²) >= 11 is 1.75. The maximum atomic E-state index is 13.4. The van der Waals surface area contributed by atoms with Crippen molar-refractivity contribution in [1.82, 2.24) is 9.80 Å². The van der Waals surface area contributed by atoms with Crippen LogP contribution in [-0.2, 0) is 16.0 Å². The van der Waals surface area contributed by atoms with E-state index in [1.165, 1.54) is 16.0 Å². The van der Waals surface area contributed by atoms with Gasteiger partial charge >= 0.3 is 0 Å². The Kier molecular flexibility index (Phi) is 9.95. The van der Waals surface area contributed by atoms with E-state index in [0.717, 1.165) is 12.2 Å². The number of nitrogens with zero attached hydrogens (tertiary/aromatic N) is 2. The molecule has 1 N–H and O–H groups in total. The molecule has 1 aliphatic rings. The highest BCUT2D eigenvalue weighted by atomic mass is 32.1. The summed E-state index contributed by atoms with van der Waals surface area (Å²) in [6, 6.07) is 10.2. The van der Waals surface area contributed by atoms with Gasteiger partial charge in [0, 0.05) is 18.0 Å². The van der Waals surface area contributed by atoms with Crippen molar-refractivity contribution in [3.63, 3.8) is 0 Å². The van der Waals surface area contributed by atoms with Gasteiger partial charge in [-0.3, -0.25) is 9.69 Å². The Balaban J connectivity index is 1.65. The zero-order valence-corrected chi connectivity index (χ0v) is 22.0. The Morgan fingerprint density at radius 1 is 1.21 bits per heavy atom. The van der Waals surface area contributed by atoms with Crippen molar-refractivity contribution in [3.8, 4) is 5.75 Å². The van der Waals surface area contributed by atoms with Gasteiger partial charge in [0.1, 0.15) is 12.4 Å². The minimum absolute atomic E-state index is 0.0689. The predicted molar refractivity (Wildman–Crippen MR) is 138 cm³/mol. The highest BCUT2D eigenvalue weighted by Crippen LogP contribution is 2.34. The Morgan fingerprint density at radius 3 is 2.59 bits per heavy atom. The molecule has 2 aromatic rings.